The van der Waals surface area contributed by atoms with Crippen molar-refractivity contribution in [1.82, 2.24) is 15.0 Å². The van der Waals surface area contributed by atoms with E-state index in [0.29, 0.717) is 0 Å². The van der Waals surface area contributed by atoms with Crippen LogP contribution in [0.2, 0.25) is 0 Å². The lowest BCUT2D eigenvalue weighted by Crippen LogP contribution is -2.05. The van der Waals surface area contributed by atoms with Crippen LogP contribution in [0.5, 0.6) is 11.5 Å². The van der Waals surface area contributed by atoms with Gasteiger partial charge in [-0.05, 0) is 36.9 Å². The van der Waals surface area contributed by atoms with Crippen molar-refractivity contribution >= 4 is 21.8 Å². The van der Waals surface area contributed by atoms with Crippen molar-refractivity contribution < 1.29 is 31.5 Å². The number of hydrogen-bond acceptors (Lipinski definition) is 5. The summed E-state index contributed by atoms with van der Waals surface area (Å²) in [6.45, 7) is -6.32. The number of ether oxygens (including phenoxy) is 2. The summed E-state index contributed by atoms with van der Waals surface area (Å²) in [5.41, 5.74) is -2.14. The molecule has 2 heterocycles. The summed E-state index contributed by atoms with van der Waals surface area (Å²) in [5.74, 6) is -1.86. The third-order valence-corrected chi connectivity index (χ3v) is 4.24. The zero-order valence-corrected chi connectivity index (χ0v) is 12.7. The van der Waals surface area contributed by atoms with Crippen molar-refractivity contribution in [1.29, 1.82) is 0 Å². The summed E-state index contributed by atoms with van der Waals surface area (Å²) in [7, 11) is -8.21. The molecule has 0 fully saturated rings. The molecule has 7 heteroatoms. The molecule has 0 saturated heterocycles. The maximum Gasteiger partial charge on any atom is 0.128 e. The fourth-order valence-corrected chi connectivity index (χ4v) is 2.95. The quantitative estimate of drug-likeness (QED) is 0.698. The lowest BCUT2D eigenvalue weighted by Gasteiger charge is -2.12. The Balaban J connectivity index is 2.11. The Morgan fingerprint density at radius 3 is 3.04 bits per heavy atom. The average Bonchev–Trinajstić information content (AvgIpc) is 3.06. The Morgan fingerprint density at radius 1 is 1.33 bits per heavy atom. The second-order valence-electron chi connectivity index (χ2n) is 4.60. The molecule has 0 amide bonds. The second-order valence-corrected chi connectivity index (χ2v) is 5.94. The lowest BCUT2D eigenvalue weighted by atomic mass is 10.1. The van der Waals surface area contributed by atoms with Crippen molar-refractivity contribution in [2.45, 2.75) is 24.6 Å². The van der Waals surface area contributed by atoms with E-state index in [1.807, 2.05) is 0 Å². The Morgan fingerprint density at radius 2 is 2.25 bits per heavy atom. The summed E-state index contributed by atoms with van der Waals surface area (Å²) >= 11 is 0. The highest BCUT2D eigenvalue weighted by Gasteiger charge is 2.12. The van der Waals surface area contributed by atoms with Crippen molar-refractivity contribution in [3.8, 4) is 11.5 Å². The fraction of sp³-hybridized carbons (Fsp3) is 0.294. The SMILES string of the molecule is [2H]c1nc(C[S@](=O)c2nc3cc(OC([2H])([2H])[2H])ccc3[n-]2)c(C([2H])([2H])[2H])c(OC([2H])([2H])[2H])c1C([2H])([2H])[2H]. The van der Waals surface area contributed by atoms with E-state index < -0.39 is 73.1 Å². The van der Waals surface area contributed by atoms with Crippen LogP contribution in [-0.4, -0.2) is 28.3 Å². The Bertz CT molecular complexity index is 1340. The van der Waals surface area contributed by atoms with Crippen LogP contribution in [0.4, 0.5) is 0 Å². The van der Waals surface area contributed by atoms with Crippen molar-refractivity contribution in [2.24, 2.45) is 0 Å². The van der Waals surface area contributed by atoms with Crippen molar-refractivity contribution in [3.63, 3.8) is 0 Å². The van der Waals surface area contributed by atoms with Gasteiger partial charge in [-0.25, -0.2) is 0 Å². The van der Waals surface area contributed by atoms with Crippen LogP contribution in [0.3, 0.4) is 0 Å². The smallest absolute Gasteiger partial charge is 0.128 e. The molecule has 0 aliphatic heterocycles. The van der Waals surface area contributed by atoms with Gasteiger partial charge in [0, 0.05) is 30.7 Å². The molecular weight excluding hydrogens is 326 g/mol. The minimum atomic E-state index is -3.27. The first-order chi connectivity index (χ1) is 16.7. The molecule has 0 spiro atoms. The number of imidazole rings is 1. The molecule has 0 saturated carbocycles. The maximum absolute atomic E-state index is 13.1. The zero-order valence-electron chi connectivity index (χ0n) is 24.9. The van der Waals surface area contributed by atoms with Crippen LogP contribution in [-0.2, 0) is 16.6 Å². The number of fused-ring (bicyclic) bond motifs is 1. The van der Waals surface area contributed by atoms with Gasteiger partial charge < -0.3 is 19.4 Å². The molecule has 0 bridgehead atoms. The van der Waals surface area contributed by atoms with Crippen LogP contribution < -0.4 is 14.5 Å². The molecule has 0 radical (unpaired) electrons. The number of hydrogen-bond donors (Lipinski definition) is 0. The number of rotatable bonds is 5. The van der Waals surface area contributed by atoms with Crippen molar-refractivity contribution in [2.75, 3.05) is 14.1 Å². The summed E-state index contributed by atoms with van der Waals surface area (Å²) in [5, 5.41) is -0.302. The number of aromatic nitrogens is 3. The van der Waals surface area contributed by atoms with E-state index in [-0.39, 0.29) is 21.9 Å². The normalized spacial score (nSPS) is 22.4. The van der Waals surface area contributed by atoms with E-state index in [1.54, 1.807) is 0 Å². The molecule has 24 heavy (non-hydrogen) atoms. The molecule has 3 aromatic rings. The topological polar surface area (TPSA) is 75.4 Å². The number of methoxy groups -OCH3 is 2. The Labute approximate surface area is 161 Å². The summed E-state index contributed by atoms with van der Waals surface area (Å²) in [6, 6.07) is 3.92. The van der Waals surface area contributed by atoms with Gasteiger partial charge in [-0.15, -0.1) is 0 Å². The predicted molar refractivity (Wildman–Crippen MR) is 92.0 cm³/mol. The Hall–Kier alpha value is -2.41. The van der Waals surface area contributed by atoms with Gasteiger partial charge in [-0.2, -0.15) is 0 Å². The van der Waals surface area contributed by atoms with E-state index >= 15 is 0 Å². The molecule has 0 aliphatic rings. The van der Waals surface area contributed by atoms with E-state index in [1.165, 1.54) is 18.2 Å². The third kappa shape index (κ3) is 2.99. The third-order valence-electron chi connectivity index (χ3n) is 3.12. The summed E-state index contributed by atoms with van der Waals surface area (Å²) in [4.78, 5) is 11.8. The largest absolute Gasteiger partial charge is 0.497 e. The number of nitrogens with zero attached hydrogens (tertiary/aromatic N) is 3. The first-order valence-electron chi connectivity index (χ1n) is 12.9. The molecule has 1 atom stereocenters. The second kappa shape index (κ2) is 6.60. The van der Waals surface area contributed by atoms with Gasteiger partial charge in [0.25, 0.3) is 0 Å². The van der Waals surface area contributed by atoms with E-state index in [0.717, 1.165) is 0 Å². The number of pyridine rings is 1. The van der Waals surface area contributed by atoms with Gasteiger partial charge in [-0.1, -0.05) is 6.07 Å². The molecule has 3 rings (SSSR count). The number of benzene rings is 1. The molecule has 126 valence electrons. The molecular formula is C17H18N3O3S-. The van der Waals surface area contributed by atoms with Gasteiger partial charge in [0.15, 0.2) is 0 Å². The highest BCUT2D eigenvalue weighted by molar-refractivity contribution is 7.84. The standard InChI is InChI=1S/C17H18N3O3S/c1-10-8-18-15(11(2)16(10)23-4)9-24(21)17-19-13-6-5-12(22-3)7-14(13)20-17/h5-8H,9H2,1-4H3/q-1/t24-/m0/s1/i1D3,2D3,3D3,4D3,8D. The van der Waals surface area contributed by atoms with Crippen LogP contribution in [0, 0.1) is 13.7 Å². The molecule has 2 aromatic heterocycles. The van der Waals surface area contributed by atoms with Crippen LogP contribution >= 0.6 is 0 Å². The highest BCUT2D eigenvalue weighted by atomic mass is 32.2. The van der Waals surface area contributed by atoms with Gasteiger partial charge in [0.2, 0.25) is 0 Å². The van der Waals surface area contributed by atoms with E-state index in [9.17, 15) is 4.21 Å². The van der Waals surface area contributed by atoms with Gasteiger partial charge in [0.05, 0.1) is 45.9 Å². The van der Waals surface area contributed by atoms with Gasteiger partial charge in [-0.3, -0.25) is 9.19 Å². The molecule has 1 aromatic carbocycles. The minimum Gasteiger partial charge on any atom is -0.497 e. The Kier molecular flexibility index (Phi) is 1.88. The maximum atomic E-state index is 13.1. The molecule has 6 nitrogen and oxygen atoms in total. The molecule has 0 aliphatic carbocycles. The van der Waals surface area contributed by atoms with Crippen LogP contribution in [0.25, 0.3) is 11.0 Å². The lowest BCUT2D eigenvalue weighted by molar-refractivity contribution is 0.407. The van der Waals surface area contributed by atoms with Crippen LogP contribution in [0.15, 0.2) is 29.5 Å². The van der Waals surface area contributed by atoms with Crippen molar-refractivity contribution in [3.05, 3.63) is 41.2 Å². The predicted octanol–water partition coefficient (Wildman–Crippen LogP) is 2.53. The van der Waals surface area contributed by atoms with Gasteiger partial charge in [0.1, 0.15) is 11.5 Å². The monoisotopic (exact) mass is 357 g/mol. The van der Waals surface area contributed by atoms with Crippen LogP contribution in [0.1, 0.15) is 34.6 Å². The highest BCUT2D eigenvalue weighted by Crippen LogP contribution is 2.26. The summed E-state index contributed by atoms with van der Waals surface area (Å²) < 4.78 is 121. The minimum absolute atomic E-state index is 0.0540. The molecule has 0 unspecified atom stereocenters. The fourth-order valence-electron chi connectivity index (χ4n) is 1.97. The first-order valence-corrected chi connectivity index (χ1v) is 7.73. The first kappa shape index (κ1) is 6.84. The van der Waals surface area contributed by atoms with E-state index in [2.05, 4.69) is 15.0 Å². The average molecular weight is 357 g/mol. The summed E-state index contributed by atoms with van der Waals surface area (Å²) in [6.07, 6.45) is -0.973. The van der Waals surface area contributed by atoms with Gasteiger partial charge >= 0.3 is 0 Å². The van der Waals surface area contributed by atoms with E-state index in [4.69, 9.17) is 27.3 Å². The molecule has 0 N–H and O–H groups in total. The zero-order chi connectivity index (χ0) is 28.1.